The number of guanidine groups is 1. The minimum absolute atomic E-state index is 0.540. The Morgan fingerprint density at radius 2 is 2.12 bits per heavy atom. The van der Waals surface area contributed by atoms with Crippen molar-refractivity contribution in [3.8, 4) is 0 Å². The molecule has 1 fully saturated rings. The van der Waals surface area contributed by atoms with E-state index in [1.165, 1.54) is 19.3 Å². The molecule has 0 aromatic carbocycles. The molecule has 1 aromatic heterocycles. The van der Waals surface area contributed by atoms with Gasteiger partial charge in [-0.3, -0.25) is 0 Å². The molecule has 1 unspecified atom stereocenters. The maximum absolute atomic E-state index is 5.17. The smallest absolute Gasteiger partial charge is 0.194 e. The zero-order chi connectivity index (χ0) is 18.2. The number of likely N-dealkylation sites (tertiary alicyclic amines) is 1. The van der Waals surface area contributed by atoms with Gasteiger partial charge in [0, 0.05) is 33.8 Å². The van der Waals surface area contributed by atoms with E-state index in [-0.39, 0.29) is 0 Å². The molecule has 1 saturated heterocycles. The highest BCUT2D eigenvalue weighted by Crippen LogP contribution is 2.28. The summed E-state index contributed by atoms with van der Waals surface area (Å²) in [5.41, 5.74) is 0. The molecule has 0 bridgehead atoms. The van der Waals surface area contributed by atoms with Gasteiger partial charge in [-0.25, -0.2) is 4.99 Å². The number of nitrogens with zero attached hydrogens (tertiary/aromatic N) is 5. The molecule has 142 valence electrons. The number of ether oxygens (including phenoxy) is 1. The third-order valence-electron chi connectivity index (χ3n) is 5.38. The highest BCUT2D eigenvalue weighted by molar-refractivity contribution is 5.80. The van der Waals surface area contributed by atoms with E-state index in [4.69, 9.17) is 9.73 Å². The van der Waals surface area contributed by atoms with E-state index in [0.717, 1.165) is 49.1 Å². The number of methoxy groups -OCH3 is 1. The van der Waals surface area contributed by atoms with E-state index in [1.54, 1.807) is 7.11 Å². The molecule has 25 heavy (non-hydrogen) atoms. The van der Waals surface area contributed by atoms with E-state index in [1.807, 2.05) is 18.5 Å². The fourth-order valence-electron chi connectivity index (χ4n) is 3.59. The van der Waals surface area contributed by atoms with Crippen LogP contribution in [0.1, 0.15) is 44.8 Å². The van der Waals surface area contributed by atoms with Crippen molar-refractivity contribution < 1.29 is 4.74 Å². The number of aliphatic imine (C=N–C) groups is 1. The lowest BCUT2D eigenvalue weighted by Gasteiger charge is -2.24. The molecular weight excluding hydrogens is 316 g/mol. The van der Waals surface area contributed by atoms with Crippen molar-refractivity contribution in [2.75, 3.05) is 33.4 Å². The van der Waals surface area contributed by atoms with Crippen molar-refractivity contribution in [3.05, 3.63) is 11.6 Å². The van der Waals surface area contributed by atoms with Crippen LogP contribution in [0, 0.1) is 18.8 Å². The zero-order valence-electron chi connectivity index (χ0n) is 16.5. The third kappa shape index (κ3) is 5.17. The summed E-state index contributed by atoms with van der Waals surface area (Å²) in [7, 11) is 3.71. The first-order valence-electron chi connectivity index (χ1n) is 9.47. The second kappa shape index (κ2) is 9.75. The van der Waals surface area contributed by atoms with Crippen LogP contribution in [-0.2, 0) is 18.3 Å². The molecule has 0 aliphatic carbocycles. The van der Waals surface area contributed by atoms with Crippen LogP contribution in [0.4, 0.5) is 0 Å². The Bertz CT molecular complexity index is 552. The van der Waals surface area contributed by atoms with Gasteiger partial charge < -0.3 is 19.5 Å². The Balaban J connectivity index is 2.05. The van der Waals surface area contributed by atoms with Gasteiger partial charge in [0.05, 0.1) is 6.61 Å². The van der Waals surface area contributed by atoms with E-state index < -0.39 is 0 Å². The van der Waals surface area contributed by atoms with Gasteiger partial charge in [0.1, 0.15) is 12.4 Å². The lowest BCUT2D eigenvalue weighted by molar-refractivity contribution is 0.202. The highest BCUT2D eigenvalue weighted by Gasteiger charge is 2.29. The Morgan fingerprint density at radius 1 is 1.36 bits per heavy atom. The summed E-state index contributed by atoms with van der Waals surface area (Å²) >= 11 is 0. The SMILES string of the molecule is CCC(CC)C1CCN(C(=NCc2nnc(C)n2C)NCCOC)C1. The summed E-state index contributed by atoms with van der Waals surface area (Å²) in [6, 6.07) is 0. The first kappa shape index (κ1) is 19.7. The van der Waals surface area contributed by atoms with Crippen molar-refractivity contribution in [2.45, 2.75) is 46.6 Å². The number of aryl methyl sites for hydroxylation is 1. The van der Waals surface area contributed by atoms with Crippen LogP contribution in [0.5, 0.6) is 0 Å². The molecule has 0 amide bonds. The van der Waals surface area contributed by atoms with Gasteiger partial charge in [-0.1, -0.05) is 26.7 Å². The predicted octanol–water partition coefficient (Wildman–Crippen LogP) is 1.97. The molecule has 1 N–H and O–H groups in total. The largest absolute Gasteiger partial charge is 0.383 e. The minimum atomic E-state index is 0.540. The molecule has 1 aliphatic rings. The molecule has 0 saturated carbocycles. The molecule has 1 aromatic rings. The van der Waals surface area contributed by atoms with E-state index in [0.29, 0.717) is 13.2 Å². The van der Waals surface area contributed by atoms with Gasteiger partial charge in [-0.15, -0.1) is 10.2 Å². The summed E-state index contributed by atoms with van der Waals surface area (Å²) in [6.07, 6.45) is 3.77. The summed E-state index contributed by atoms with van der Waals surface area (Å²) in [5, 5.41) is 11.8. The molecule has 0 spiro atoms. The molecule has 2 rings (SSSR count). The van der Waals surface area contributed by atoms with Gasteiger partial charge in [-0.05, 0) is 25.2 Å². The zero-order valence-corrected chi connectivity index (χ0v) is 16.5. The number of rotatable bonds is 8. The van der Waals surface area contributed by atoms with Crippen LogP contribution in [0.2, 0.25) is 0 Å². The summed E-state index contributed by atoms with van der Waals surface area (Å²) < 4.78 is 7.17. The third-order valence-corrected chi connectivity index (χ3v) is 5.38. The van der Waals surface area contributed by atoms with Crippen LogP contribution >= 0.6 is 0 Å². The molecule has 7 nitrogen and oxygen atoms in total. The molecular formula is C18H34N6O. The standard InChI is InChI=1S/C18H34N6O/c1-6-15(7-2)16-8-10-24(13-16)18(19-9-11-25-5)20-12-17-22-21-14(3)23(17)4/h15-16H,6-13H2,1-5H3,(H,19,20). The number of hydrogen-bond donors (Lipinski definition) is 1. The fraction of sp³-hybridized carbons (Fsp3) is 0.833. The molecule has 1 aliphatic heterocycles. The van der Waals surface area contributed by atoms with Crippen LogP contribution in [0.15, 0.2) is 4.99 Å². The molecule has 2 heterocycles. The minimum Gasteiger partial charge on any atom is -0.383 e. The number of nitrogens with one attached hydrogen (secondary N) is 1. The summed E-state index contributed by atoms with van der Waals surface area (Å²) in [4.78, 5) is 7.21. The summed E-state index contributed by atoms with van der Waals surface area (Å²) in [6.45, 7) is 10.7. The van der Waals surface area contributed by atoms with Crippen molar-refractivity contribution in [1.29, 1.82) is 0 Å². The Morgan fingerprint density at radius 3 is 2.72 bits per heavy atom. The number of hydrogen-bond acceptors (Lipinski definition) is 4. The van der Waals surface area contributed by atoms with Crippen molar-refractivity contribution >= 4 is 5.96 Å². The van der Waals surface area contributed by atoms with Crippen LogP contribution < -0.4 is 5.32 Å². The quantitative estimate of drug-likeness (QED) is 0.441. The Hall–Kier alpha value is -1.63. The van der Waals surface area contributed by atoms with Crippen molar-refractivity contribution in [2.24, 2.45) is 23.9 Å². The Labute approximate surface area is 151 Å². The second-order valence-corrected chi connectivity index (χ2v) is 6.85. The van der Waals surface area contributed by atoms with Gasteiger partial charge in [-0.2, -0.15) is 0 Å². The lowest BCUT2D eigenvalue weighted by atomic mass is 9.87. The first-order chi connectivity index (χ1) is 12.1. The van der Waals surface area contributed by atoms with Gasteiger partial charge in [0.15, 0.2) is 11.8 Å². The topological polar surface area (TPSA) is 67.6 Å². The lowest BCUT2D eigenvalue weighted by Crippen LogP contribution is -2.41. The van der Waals surface area contributed by atoms with Crippen molar-refractivity contribution in [1.82, 2.24) is 25.0 Å². The fourth-order valence-corrected chi connectivity index (χ4v) is 3.59. The average molecular weight is 351 g/mol. The molecule has 1 atom stereocenters. The normalized spacial score (nSPS) is 18.4. The van der Waals surface area contributed by atoms with E-state index in [2.05, 4.69) is 34.3 Å². The van der Waals surface area contributed by atoms with E-state index in [9.17, 15) is 0 Å². The van der Waals surface area contributed by atoms with Crippen LogP contribution in [-0.4, -0.2) is 59.0 Å². The van der Waals surface area contributed by atoms with Crippen molar-refractivity contribution in [3.63, 3.8) is 0 Å². The Kier molecular flexibility index (Phi) is 7.68. The van der Waals surface area contributed by atoms with E-state index >= 15 is 0 Å². The van der Waals surface area contributed by atoms with Crippen LogP contribution in [0.3, 0.4) is 0 Å². The molecule has 7 heteroatoms. The monoisotopic (exact) mass is 350 g/mol. The highest BCUT2D eigenvalue weighted by atomic mass is 16.5. The predicted molar refractivity (Wildman–Crippen MR) is 101 cm³/mol. The molecule has 0 radical (unpaired) electrons. The van der Waals surface area contributed by atoms with Crippen LogP contribution in [0.25, 0.3) is 0 Å². The maximum Gasteiger partial charge on any atom is 0.194 e. The average Bonchev–Trinajstić information content (AvgIpc) is 3.21. The van der Waals surface area contributed by atoms with Gasteiger partial charge >= 0.3 is 0 Å². The number of aromatic nitrogens is 3. The summed E-state index contributed by atoms with van der Waals surface area (Å²) in [5.74, 6) is 4.34. The van der Waals surface area contributed by atoms with Gasteiger partial charge in [0.25, 0.3) is 0 Å². The second-order valence-electron chi connectivity index (χ2n) is 6.85. The van der Waals surface area contributed by atoms with Gasteiger partial charge in [0.2, 0.25) is 0 Å². The first-order valence-corrected chi connectivity index (χ1v) is 9.47. The maximum atomic E-state index is 5.17.